The van der Waals surface area contributed by atoms with Crippen LogP contribution >= 0.6 is 0 Å². The van der Waals surface area contributed by atoms with Crippen LogP contribution < -0.4 is 10.2 Å². The highest BCUT2D eigenvalue weighted by molar-refractivity contribution is 5.91. The number of aromatic nitrogens is 3. The molecule has 0 aliphatic carbocycles. The quantitative estimate of drug-likeness (QED) is 0.783. The van der Waals surface area contributed by atoms with E-state index in [9.17, 15) is 9.18 Å². The molecule has 0 saturated heterocycles. The second-order valence-electron chi connectivity index (χ2n) is 5.49. The third kappa shape index (κ3) is 3.88. The molecule has 118 valence electrons. The van der Waals surface area contributed by atoms with Gasteiger partial charge in [-0.2, -0.15) is 0 Å². The zero-order valence-corrected chi connectivity index (χ0v) is 13.0. The summed E-state index contributed by atoms with van der Waals surface area (Å²) in [4.78, 5) is 13.2. The monoisotopic (exact) mass is 306 g/mol. The van der Waals surface area contributed by atoms with Crippen molar-refractivity contribution in [3.8, 4) is 0 Å². The van der Waals surface area contributed by atoms with Gasteiger partial charge in [-0.3, -0.25) is 4.79 Å². The molecule has 7 heteroatoms. The van der Waals surface area contributed by atoms with Gasteiger partial charge in [0.15, 0.2) is 5.69 Å². The number of nitrogens with one attached hydrogen (secondary N) is 2. The number of quaternary nitrogens is 1. The molecular weight excluding hydrogens is 285 g/mol. The molecular formula is C15H21FN5O+. The highest BCUT2D eigenvalue weighted by Gasteiger charge is 2.17. The smallest absolute Gasteiger partial charge is 0.273 e. The van der Waals surface area contributed by atoms with Crippen molar-refractivity contribution in [1.82, 2.24) is 20.3 Å². The standard InChI is InChI=1S/C15H20FN5O/c1-11(12-6-4-5-7-13(12)16)21-10-14(18-19-21)15(22)17-8-9-20(2)3/h4-7,10-11H,8-9H2,1-3H3,(H,17,22)/p+1/t11-/m1/s1. The summed E-state index contributed by atoms with van der Waals surface area (Å²) in [6, 6.07) is 6.17. The maximum Gasteiger partial charge on any atom is 0.273 e. The summed E-state index contributed by atoms with van der Waals surface area (Å²) in [6.45, 7) is 3.20. The highest BCUT2D eigenvalue weighted by atomic mass is 19.1. The molecule has 6 nitrogen and oxygen atoms in total. The number of likely N-dealkylation sites (N-methyl/N-ethyl adjacent to an activating group) is 1. The van der Waals surface area contributed by atoms with E-state index in [0.29, 0.717) is 12.1 Å². The summed E-state index contributed by atoms with van der Waals surface area (Å²) in [5.74, 6) is -0.571. The lowest BCUT2D eigenvalue weighted by molar-refractivity contribution is -0.856. The van der Waals surface area contributed by atoms with Crippen LogP contribution in [-0.2, 0) is 0 Å². The maximum atomic E-state index is 13.8. The second kappa shape index (κ2) is 7.13. The van der Waals surface area contributed by atoms with Gasteiger partial charge in [0.1, 0.15) is 5.82 Å². The Morgan fingerprint density at radius 2 is 2.14 bits per heavy atom. The van der Waals surface area contributed by atoms with Gasteiger partial charge in [-0.15, -0.1) is 5.10 Å². The lowest BCUT2D eigenvalue weighted by Crippen LogP contribution is -3.06. The van der Waals surface area contributed by atoms with Crippen molar-refractivity contribution in [3.63, 3.8) is 0 Å². The Kier molecular flexibility index (Phi) is 5.21. The van der Waals surface area contributed by atoms with Gasteiger partial charge in [-0.1, -0.05) is 23.4 Å². The van der Waals surface area contributed by atoms with Gasteiger partial charge in [0.25, 0.3) is 5.91 Å². The molecule has 0 spiro atoms. The Balaban J connectivity index is 2.05. The van der Waals surface area contributed by atoms with E-state index in [1.165, 1.54) is 21.8 Å². The first-order valence-electron chi connectivity index (χ1n) is 7.22. The van der Waals surface area contributed by atoms with Gasteiger partial charge in [0.05, 0.1) is 39.4 Å². The van der Waals surface area contributed by atoms with Gasteiger partial charge >= 0.3 is 0 Å². The molecule has 0 saturated carbocycles. The van der Waals surface area contributed by atoms with E-state index in [4.69, 9.17) is 0 Å². The number of benzene rings is 1. The summed E-state index contributed by atoms with van der Waals surface area (Å²) >= 11 is 0. The predicted octanol–water partition coefficient (Wildman–Crippen LogP) is -0.0992. The Labute approximate surface area is 128 Å². The van der Waals surface area contributed by atoms with Crippen LogP contribution in [0.2, 0.25) is 0 Å². The van der Waals surface area contributed by atoms with Crippen LogP contribution in [0.3, 0.4) is 0 Å². The fourth-order valence-corrected chi connectivity index (χ4v) is 2.04. The Morgan fingerprint density at radius 1 is 1.41 bits per heavy atom. The molecule has 1 heterocycles. The van der Waals surface area contributed by atoms with Gasteiger partial charge < -0.3 is 10.2 Å². The highest BCUT2D eigenvalue weighted by Crippen LogP contribution is 2.19. The minimum atomic E-state index is -0.332. The zero-order valence-electron chi connectivity index (χ0n) is 13.0. The van der Waals surface area contributed by atoms with Gasteiger partial charge in [0, 0.05) is 5.56 Å². The van der Waals surface area contributed by atoms with E-state index in [2.05, 4.69) is 15.6 Å². The summed E-state index contributed by atoms with van der Waals surface area (Å²) in [6.07, 6.45) is 1.54. The molecule has 0 bridgehead atoms. The summed E-state index contributed by atoms with van der Waals surface area (Å²) in [5, 5.41) is 10.6. The van der Waals surface area contributed by atoms with E-state index < -0.39 is 0 Å². The van der Waals surface area contributed by atoms with Gasteiger partial charge in [-0.05, 0) is 13.0 Å². The zero-order chi connectivity index (χ0) is 16.1. The fraction of sp³-hybridized carbons (Fsp3) is 0.400. The molecule has 22 heavy (non-hydrogen) atoms. The largest absolute Gasteiger partial charge is 0.345 e. The molecule has 0 radical (unpaired) electrons. The van der Waals surface area contributed by atoms with E-state index >= 15 is 0 Å². The summed E-state index contributed by atoms with van der Waals surface area (Å²) in [5.41, 5.74) is 0.743. The SMILES string of the molecule is C[C@H](c1ccccc1F)n1cc(C(=O)NCC[NH+](C)C)nn1. The Hall–Kier alpha value is -2.28. The van der Waals surface area contributed by atoms with Crippen molar-refractivity contribution < 1.29 is 14.1 Å². The van der Waals surface area contributed by atoms with Crippen molar-refractivity contribution in [2.45, 2.75) is 13.0 Å². The summed E-state index contributed by atoms with van der Waals surface area (Å²) < 4.78 is 15.3. The number of amides is 1. The molecule has 1 amide bonds. The predicted molar refractivity (Wildman–Crippen MR) is 80.2 cm³/mol. The third-order valence-electron chi connectivity index (χ3n) is 3.41. The van der Waals surface area contributed by atoms with Crippen LogP contribution in [0.15, 0.2) is 30.5 Å². The number of rotatable bonds is 6. The number of carbonyl (C=O) groups is 1. The van der Waals surface area contributed by atoms with Crippen molar-refractivity contribution >= 4 is 5.91 Å². The van der Waals surface area contributed by atoms with Crippen LogP contribution in [0.4, 0.5) is 4.39 Å². The average Bonchev–Trinajstić information content (AvgIpc) is 2.96. The van der Waals surface area contributed by atoms with Crippen LogP contribution in [-0.4, -0.2) is 48.1 Å². The molecule has 2 aromatic rings. The van der Waals surface area contributed by atoms with Crippen LogP contribution in [0.5, 0.6) is 0 Å². The van der Waals surface area contributed by atoms with Crippen molar-refractivity contribution in [1.29, 1.82) is 0 Å². The minimum Gasteiger partial charge on any atom is -0.345 e. The third-order valence-corrected chi connectivity index (χ3v) is 3.41. The number of nitrogens with zero attached hydrogens (tertiary/aromatic N) is 3. The molecule has 0 unspecified atom stereocenters. The molecule has 1 atom stereocenters. The lowest BCUT2D eigenvalue weighted by Gasteiger charge is -2.12. The average molecular weight is 306 g/mol. The summed E-state index contributed by atoms with van der Waals surface area (Å²) in [7, 11) is 4.02. The van der Waals surface area contributed by atoms with Crippen molar-refractivity contribution in [2.75, 3.05) is 27.2 Å². The topological polar surface area (TPSA) is 64.2 Å². The van der Waals surface area contributed by atoms with E-state index in [1.807, 2.05) is 21.0 Å². The lowest BCUT2D eigenvalue weighted by atomic mass is 10.1. The number of hydrogen-bond acceptors (Lipinski definition) is 3. The first-order valence-corrected chi connectivity index (χ1v) is 7.22. The molecule has 0 aliphatic rings. The fourth-order valence-electron chi connectivity index (χ4n) is 2.04. The van der Waals surface area contributed by atoms with Crippen LogP contribution in [0.1, 0.15) is 29.0 Å². The molecule has 1 aromatic carbocycles. The number of carbonyl (C=O) groups excluding carboxylic acids is 1. The molecule has 1 aromatic heterocycles. The van der Waals surface area contributed by atoms with Crippen LogP contribution in [0, 0.1) is 5.82 Å². The van der Waals surface area contributed by atoms with Crippen molar-refractivity contribution in [3.05, 3.63) is 47.5 Å². The second-order valence-corrected chi connectivity index (χ2v) is 5.49. The molecule has 0 aliphatic heterocycles. The molecule has 2 rings (SSSR count). The van der Waals surface area contributed by atoms with Gasteiger partial charge in [0.2, 0.25) is 0 Å². The van der Waals surface area contributed by atoms with E-state index in [-0.39, 0.29) is 23.5 Å². The van der Waals surface area contributed by atoms with Crippen LogP contribution in [0.25, 0.3) is 0 Å². The first-order chi connectivity index (χ1) is 10.5. The van der Waals surface area contributed by atoms with E-state index in [1.54, 1.807) is 18.2 Å². The Bertz CT molecular complexity index is 640. The normalized spacial score (nSPS) is 12.4. The van der Waals surface area contributed by atoms with Crippen molar-refractivity contribution in [2.24, 2.45) is 0 Å². The number of halogens is 1. The maximum absolute atomic E-state index is 13.8. The van der Waals surface area contributed by atoms with Gasteiger partial charge in [-0.25, -0.2) is 9.07 Å². The Morgan fingerprint density at radius 3 is 2.82 bits per heavy atom. The molecule has 0 fully saturated rings. The first kappa shape index (κ1) is 16.1. The minimum absolute atomic E-state index is 0.233. The molecule has 2 N–H and O–H groups in total. The number of hydrogen-bond donors (Lipinski definition) is 2. The van der Waals surface area contributed by atoms with E-state index in [0.717, 1.165) is 6.54 Å².